The van der Waals surface area contributed by atoms with Crippen molar-refractivity contribution in [2.75, 3.05) is 14.2 Å². The van der Waals surface area contributed by atoms with Gasteiger partial charge in [-0.15, -0.1) is 0 Å². The number of carbonyl (C=O) groups excluding carboxylic acids is 1. The lowest BCUT2D eigenvalue weighted by Gasteiger charge is -2.09. The summed E-state index contributed by atoms with van der Waals surface area (Å²) in [4.78, 5) is 28.1. The van der Waals surface area contributed by atoms with Crippen molar-refractivity contribution in [2.45, 2.75) is 5.92 Å². The average molecular weight is 398 g/mol. The summed E-state index contributed by atoms with van der Waals surface area (Å²) in [5.41, 5.74) is 4.28. The van der Waals surface area contributed by atoms with Gasteiger partial charge in [0.15, 0.2) is 5.92 Å². The molecule has 8 nitrogen and oxygen atoms in total. The normalized spacial score (nSPS) is 11.6. The van der Waals surface area contributed by atoms with E-state index in [1.54, 1.807) is 19.4 Å². The third-order valence-corrected chi connectivity index (χ3v) is 4.85. The van der Waals surface area contributed by atoms with Crippen LogP contribution in [0.2, 0.25) is 0 Å². The first-order valence-electron chi connectivity index (χ1n) is 9.20. The van der Waals surface area contributed by atoms with E-state index in [-0.39, 0.29) is 0 Å². The summed E-state index contributed by atoms with van der Waals surface area (Å²) in [6.45, 7) is 0. The molecule has 0 saturated heterocycles. The van der Waals surface area contributed by atoms with Crippen molar-refractivity contribution in [3.8, 4) is 34.2 Å². The molecule has 0 bridgehead atoms. The van der Waals surface area contributed by atoms with Crippen LogP contribution in [0.25, 0.3) is 33.4 Å². The number of carbonyl (C=O) groups is 1. The maximum absolute atomic E-state index is 12.0. The number of H-pyrrole nitrogens is 1. The summed E-state index contributed by atoms with van der Waals surface area (Å²) >= 11 is 0. The summed E-state index contributed by atoms with van der Waals surface area (Å²) in [7, 11) is 3.12. The molecule has 0 aliphatic rings. The van der Waals surface area contributed by atoms with Gasteiger partial charge >= 0.3 is 0 Å². The van der Waals surface area contributed by atoms with Crippen LogP contribution in [0, 0.1) is 11.3 Å². The molecule has 148 valence electrons. The zero-order valence-electron chi connectivity index (χ0n) is 16.4. The van der Waals surface area contributed by atoms with Crippen LogP contribution in [0.5, 0.6) is 5.75 Å². The lowest BCUT2D eigenvalue weighted by Crippen LogP contribution is -2.25. The SMILES string of the molecule is CNC(=O)C(C#N)c1cc(-c2cnc3[nH]cc(-c4ccccc4OC)c3c2)ncn1. The lowest BCUT2D eigenvalue weighted by molar-refractivity contribution is -0.120. The molecule has 3 heterocycles. The van der Waals surface area contributed by atoms with E-state index in [0.717, 1.165) is 33.5 Å². The van der Waals surface area contributed by atoms with E-state index < -0.39 is 11.8 Å². The average Bonchev–Trinajstić information content (AvgIpc) is 3.22. The third-order valence-electron chi connectivity index (χ3n) is 4.85. The number of para-hydroxylation sites is 1. The van der Waals surface area contributed by atoms with E-state index in [1.165, 1.54) is 13.4 Å². The van der Waals surface area contributed by atoms with Gasteiger partial charge in [-0.1, -0.05) is 18.2 Å². The minimum atomic E-state index is -1.01. The number of benzene rings is 1. The highest BCUT2D eigenvalue weighted by atomic mass is 16.5. The van der Waals surface area contributed by atoms with Crippen molar-refractivity contribution >= 4 is 16.9 Å². The number of hydrogen-bond donors (Lipinski definition) is 2. The van der Waals surface area contributed by atoms with Crippen LogP contribution < -0.4 is 10.1 Å². The first-order chi connectivity index (χ1) is 14.7. The largest absolute Gasteiger partial charge is 0.496 e. The number of methoxy groups -OCH3 is 1. The molecule has 0 saturated carbocycles. The summed E-state index contributed by atoms with van der Waals surface area (Å²) in [6.07, 6.45) is 4.93. The Kier molecular flexibility index (Phi) is 5.09. The van der Waals surface area contributed by atoms with Crippen molar-refractivity contribution in [1.29, 1.82) is 5.26 Å². The van der Waals surface area contributed by atoms with E-state index in [2.05, 4.69) is 25.3 Å². The Morgan fingerprint density at radius 1 is 1.20 bits per heavy atom. The fraction of sp³-hybridized carbons (Fsp3) is 0.136. The van der Waals surface area contributed by atoms with E-state index in [9.17, 15) is 10.1 Å². The Hall–Kier alpha value is -4.25. The number of ether oxygens (including phenoxy) is 1. The van der Waals surface area contributed by atoms with Crippen molar-refractivity contribution in [1.82, 2.24) is 25.3 Å². The highest BCUT2D eigenvalue weighted by Crippen LogP contribution is 2.35. The molecule has 30 heavy (non-hydrogen) atoms. The predicted molar refractivity (Wildman–Crippen MR) is 112 cm³/mol. The van der Waals surface area contributed by atoms with Gasteiger partial charge in [0.1, 0.15) is 17.7 Å². The van der Waals surface area contributed by atoms with Crippen molar-refractivity contribution < 1.29 is 9.53 Å². The monoisotopic (exact) mass is 398 g/mol. The highest BCUT2D eigenvalue weighted by molar-refractivity contribution is 5.97. The number of nitrogens with one attached hydrogen (secondary N) is 2. The van der Waals surface area contributed by atoms with E-state index in [0.29, 0.717) is 11.4 Å². The Morgan fingerprint density at radius 3 is 2.80 bits per heavy atom. The molecule has 2 N–H and O–H groups in total. The van der Waals surface area contributed by atoms with Crippen LogP contribution in [0.1, 0.15) is 11.6 Å². The standard InChI is InChI=1S/C22H18N6O2/c1-24-22(29)16(9-23)19-8-18(27-12-28-19)13-7-15-17(11-26-21(15)25-10-13)14-5-3-4-6-20(14)30-2/h3-8,10-12,16H,1-2H3,(H,24,29)(H,25,26). The number of likely N-dealkylation sites (N-methyl/N-ethyl adjacent to an activating group) is 1. The first kappa shape index (κ1) is 19.1. The van der Waals surface area contributed by atoms with Crippen LogP contribution in [0.3, 0.4) is 0 Å². The second-order valence-electron chi connectivity index (χ2n) is 6.53. The summed E-state index contributed by atoms with van der Waals surface area (Å²) in [6, 6.07) is 13.3. The maximum atomic E-state index is 12.0. The number of nitrogens with zero attached hydrogens (tertiary/aromatic N) is 4. The van der Waals surface area contributed by atoms with Crippen LogP contribution in [0.4, 0.5) is 0 Å². The topological polar surface area (TPSA) is 117 Å². The van der Waals surface area contributed by atoms with Crippen LogP contribution in [-0.2, 0) is 4.79 Å². The van der Waals surface area contributed by atoms with Gasteiger partial charge in [0.25, 0.3) is 0 Å². The Bertz CT molecular complexity index is 1270. The molecule has 4 rings (SSSR count). The predicted octanol–water partition coefficient (Wildman–Crippen LogP) is 3.05. The number of aromatic nitrogens is 4. The van der Waals surface area contributed by atoms with Gasteiger partial charge in [0.05, 0.1) is 24.6 Å². The Balaban J connectivity index is 1.81. The molecule has 0 fully saturated rings. The quantitative estimate of drug-likeness (QED) is 0.534. The number of fused-ring (bicyclic) bond motifs is 1. The molecular weight excluding hydrogens is 380 g/mol. The fourth-order valence-corrected chi connectivity index (χ4v) is 3.32. The number of hydrogen-bond acceptors (Lipinski definition) is 6. The minimum absolute atomic E-state index is 0.334. The van der Waals surface area contributed by atoms with Crippen LogP contribution in [0.15, 0.2) is 55.1 Å². The van der Waals surface area contributed by atoms with Gasteiger partial charge < -0.3 is 15.0 Å². The third kappa shape index (κ3) is 3.33. The minimum Gasteiger partial charge on any atom is -0.496 e. The Morgan fingerprint density at radius 2 is 2.03 bits per heavy atom. The summed E-state index contributed by atoms with van der Waals surface area (Å²) in [5.74, 6) is -0.666. The number of nitriles is 1. The zero-order valence-corrected chi connectivity index (χ0v) is 16.4. The van der Waals surface area contributed by atoms with Crippen LogP contribution >= 0.6 is 0 Å². The molecule has 4 aromatic rings. The van der Waals surface area contributed by atoms with E-state index >= 15 is 0 Å². The van der Waals surface area contributed by atoms with Gasteiger partial charge in [0, 0.05) is 41.5 Å². The number of pyridine rings is 1. The molecule has 0 aliphatic carbocycles. The van der Waals surface area contributed by atoms with E-state index in [4.69, 9.17) is 4.74 Å². The van der Waals surface area contributed by atoms with Crippen molar-refractivity contribution in [3.05, 3.63) is 60.8 Å². The second kappa shape index (κ2) is 8.01. The fourth-order valence-electron chi connectivity index (χ4n) is 3.32. The number of rotatable bonds is 5. The molecule has 8 heteroatoms. The summed E-state index contributed by atoms with van der Waals surface area (Å²) < 4.78 is 5.50. The molecular formula is C22H18N6O2. The maximum Gasteiger partial charge on any atom is 0.243 e. The smallest absolute Gasteiger partial charge is 0.243 e. The van der Waals surface area contributed by atoms with Crippen LogP contribution in [-0.4, -0.2) is 40.0 Å². The summed E-state index contributed by atoms with van der Waals surface area (Å²) in [5, 5.41) is 12.8. The van der Waals surface area contributed by atoms with Crippen molar-refractivity contribution in [2.24, 2.45) is 0 Å². The van der Waals surface area contributed by atoms with Crippen molar-refractivity contribution in [3.63, 3.8) is 0 Å². The van der Waals surface area contributed by atoms with Gasteiger partial charge in [-0.25, -0.2) is 15.0 Å². The highest BCUT2D eigenvalue weighted by Gasteiger charge is 2.21. The molecule has 1 unspecified atom stereocenters. The lowest BCUT2D eigenvalue weighted by atomic mass is 10.0. The molecule has 0 aliphatic heterocycles. The molecule has 1 amide bonds. The number of amides is 1. The van der Waals surface area contributed by atoms with Gasteiger partial charge in [-0.05, 0) is 18.2 Å². The molecule has 1 aromatic carbocycles. The zero-order chi connectivity index (χ0) is 21.1. The molecule has 3 aromatic heterocycles. The second-order valence-corrected chi connectivity index (χ2v) is 6.53. The Labute approximate surface area is 172 Å². The molecule has 0 spiro atoms. The molecule has 0 radical (unpaired) electrons. The van der Waals surface area contributed by atoms with E-state index in [1.807, 2.05) is 42.6 Å². The van der Waals surface area contributed by atoms with Gasteiger partial charge in [-0.3, -0.25) is 4.79 Å². The van der Waals surface area contributed by atoms with Gasteiger partial charge in [-0.2, -0.15) is 5.26 Å². The molecule has 1 atom stereocenters. The van der Waals surface area contributed by atoms with Gasteiger partial charge in [0.2, 0.25) is 5.91 Å². The number of aromatic amines is 1. The first-order valence-corrected chi connectivity index (χ1v) is 9.20.